The monoisotopic (exact) mass is 354 g/mol. The van der Waals surface area contributed by atoms with Crippen LogP contribution in [0.5, 0.6) is 0 Å². The largest absolute Gasteiger partial charge is 0.322 e. The number of halogens is 1. The molecule has 0 aliphatic heterocycles. The molecule has 1 aromatic carbocycles. The Balaban J connectivity index is 1.62. The number of aromatic nitrogens is 3. The summed E-state index contributed by atoms with van der Waals surface area (Å²) in [5.41, 5.74) is 2.80. The summed E-state index contributed by atoms with van der Waals surface area (Å²) in [6.45, 7) is 0. The van der Waals surface area contributed by atoms with Crippen LogP contribution in [0.3, 0.4) is 0 Å². The zero-order chi connectivity index (χ0) is 16.5. The number of carbonyl (C=O) groups is 1. The number of anilines is 1. The summed E-state index contributed by atoms with van der Waals surface area (Å²) in [6.07, 6.45) is 5.47. The van der Waals surface area contributed by atoms with Crippen molar-refractivity contribution in [1.29, 1.82) is 0 Å². The Morgan fingerprint density at radius 2 is 2.17 bits per heavy atom. The molecule has 3 heterocycles. The van der Waals surface area contributed by atoms with E-state index in [0.717, 1.165) is 16.2 Å². The smallest absolute Gasteiger partial charge is 0.258 e. The molecule has 0 fully saturated rings. The maximum absolute atomic E-state index is 12.3. The summed E-state index contributed by atoms with van der Waals surface area (Å²) in [6, 6.07) is 10.9. The van der Waals surface area contributed by atoms with Gasteiger partial charge in [-0.2, -0.15) is 0 Å². The van der Waals surface area contributed by atoms with Gasteiger partial charge in [-0.3, -0.25) is 9.20 Å². The van der Waals surface area contributed by atoms with Crippen LogP contribution in [0.25, 0.3) is 16.2 Å². The van der Waals surface area contributed by atoms with Crippen LogP contribution in [0.4, 0.5) is 5.69 Å². The number of hydrogen-bond acceptors (Lipinski definition) is 4. The van der Waals surface area contributed by atoms with E-state index in [1.807, 2.05) is 46.4 Å². The van der Waals surface area contributed by atoms with Crippen LogP contribution in [0.1, 0.15) is 10.4 Å². The van der Waals surface area contributed by atoms with Crippen molar-refractivity contribution < 1.29 is 4.79 Å². The Labute approximate surface area is 146 Å². The highest BCUT2D eigenvalue weighted by Crippen LogP contribution is 2.24. The lowest BCUT2D eigenvalue weighted by molar-refractivity contribution is 0.102. The molecule has 4 rings (SSSR count). The molecule has 4 aromatic rings. The number of imidazole rings is 1. The summed E-state index contributed by atoms with van der Waals surface area (Å²) in [7, 11) is 0. The fraction of sp³-hybridized carbons (Fsp3) is 0. The van der Waals surface area contributed by atoms with E-state index in [9.17, 15) is 4.79 Å². The molecule has 5 nitrogen and oxygen atoms in total. The van der Waals surface area contributed by atoms with Gasteiger partial charge in [0.15, 0.2) is 4.96 Å². The molecule has 0 spiro atoms. The van der Waals surface area contributed by atoms with E-state index in [4.69, 9.17) is 11.6 Å². The van der Waals surface area contributed by atoms with Crippen molar-refractivity contribution in [2.75, 3.05) is 5.32 Å². The second-order valence-electron chi connectivity index (χ2n) is 5.10. The first-order chi connectivity index (χ1) is 11.7. The minimum Gasteiger partial charge on any atom is -0.322 e. The van der Waals surface area contributed by atoms with Gasteiger partial charge in [0.1, 0.15) is 5.15 Å². The Bertz CT molecular complexity index is 1010. The van der Waals surface area contributed by atoms with Gasteiger partial charge in [-0.25, -0.2) is 9.97 Å². The minimum absolute atomic E-state index is 0.181. The van der Waals surface area contributed by atoms with E-state index >= 15 is 0 Å². The number of fused-ring (bicyclic) bond motifs is 1. The summed E-state index contributed by atoms with van der Waals surface area (Å²) in [5, 5.41) is 5.01. The third kappa shape index (κ3) is 2.77. The van der Waals surface area contributed by atoms with Crippen LogP contribution < -0.4 is 5.32 Å². The van der Waals surface area contributed by atoms with Gasteiger partial charge < -0.3 is 5.32 Å². The number of nitrogens with one attached hydrogen (secondary N) is 1. The molecule has 0 saturated heterocycles. The topological polar surface area (TPSA) is 59.3 Å². The van der Waals surface area contributed by atoms with Crippen molar-refractivity contribution in [2.24, 2.45) is 0 Å². The second-order valence-corrected chi connectivity index (χ2v) is 6.33. The predicted molar refractivity (Wildman–Crippen MR) is 95.7 cm³/mol. The van der Waals surface area contributed by atoms with Gasteiger partial charge in [-0.05, 0) is 24.3 Å². The molecule has 24 heavy (non-hydrogen) atoms. The number of carbonyl (C=O) groups excluding carboxylic acids is 1. The molecule has 0 radical (unpaired) electrons. The normalized spacial score (nSPS) is 10.9. The number of amides is 1. The van der Waals surface area contributed by atoms with Crippen LogP contribution in [-0.4, -0.2) is 20.3 Å². The first-order valence-electron chi connectivity index (χ1n) is 7.15. The van der Waals surface area contributed by atoms with Crippen LogP contribution in [0, 0.1) is 0 Å². The molecule has 0 atom stereocenters. The Morgan fingerprint density at radius 1 is 1.25 bits per heavy atom. The molecule has 0 aliphatic carbocycles. The predicted octanol–water partition coefficient (Wildman–Crippen LogP) is 4.36. The molecule has 0 saturated carbocycles. The standard InChI is InChI=1S/C17H11ClN4OS/c18-15-13(5-2-6-19-15)16(23)20-12-4-1-3-11(9-12)14-10-22-7-8-24-17(22)21-14/h1-10H,(H,20,23). The van der Waals surface area contributed by atoms with E-state index < -0.39 is 0 Å². The fourth-order valence-corrected chi connectivity index (χ4v) is 3.28. The average molecular weight is 355 g/mol. The van der Waals surface area contributed by atoms with E-state index in [1.165, 1.54) is 0 Å². The third-order valence-corrected chi connectivity index (χ3v) is 4.59. The first kappa shape index (κ1) is 14.9. The second kappa shape index (κ2) is 6.07. The quantitative estimate of drug-likeness (QED) is 0.556. The highest BCUT2D eigenvalue weighted by Gasteiger charge is 2.12. The Kier molecular flexibility index (Phi) is 3.76. The summed E-state index contributed by atoms with van der Waals surface area (Å²) < 4.78 is 1.97. The molecule has 0 bridgehead atoms. The highest BCUT2D eigenvalue weighted by atomic mass is 35.5. The van der Waals surface area contributed by atoms with Crippen molar-refractivity contribution in [3.05, 3.63) is 71.1 Å². The van der Waals surface area contributed by atoms with Crippen molar-refractivity contribution in [2.45, 2.75) is 0 Å². The van der Waals surface area contributed by atoms with Gasteiger partial charge in [-0.15, -0.1) is 11.3 Å². The van der Waals surface area contributed by atoms with E-state index in [0.29, 0.717) is 11.3 Å². The van der Waals surface area contributed by atoms with Crippen LogP contribution in [0.2, 0.25) is 5.15 Å². The molecule has 118 valence electrons. The van der Waals surface area contributed by atoms with Gasteiger partial charge in [-0.1, -0.05) is 23.7 Å². The van der Waals surface area contributed by atoms with Crippen LogP contribution in [-0.2, 0) is 0 Å². The SMILES string of the molecule is O=C(Nc1cccc(-c2cn3ccsc3n2)c1)c1cccnc1Cl. The van der Waals surface area contributed by atoms with Gasteiger partial charge in [0, 0.05) is 35.2 Å². The van der Waals surface area contributed by atoms with Crippen molar-refractivity contribution in [3.63, 3.8) is 0 Å². The van der Waals surface area contributed by atoms with E-state index in [1.54, 1.807) is 29.7 Å². The molecule has 3 aromatic heterocycles. The number of rotatable bonds is 3. The molecule has 7 heteroatoms. The number of benzene rings is 1. The van der Waals surface area contributed by atoms with Crippen molar-refractivity contribution in [1.82, 2.24) is 14.4 Å². The summed E-state index contributed by atoms with van der Waals surface area (Å²) >= 11 is 7.54. The Morgan fingerprint density at radius 3 is 3.00 bits per heavy atom. The van der Waals surface area contributed by atoms with Gasteiger partial charge in [0.05, 0.1) is 11.3 Å². The minimum atomic E-state index is -0.295. The molecule has 0 unspecified atom stereocenters. The van der Waals surface area contributed by atoms with Gasteiger partial charge >= 0.3 is 0 Å². The Hall–Kier alpha value is -2.70. The number of hydrogen-bond donors (Lipinski definition) is 1. The lowest BCUT2D eigenvalue weighted by Crippen LogP contribution is -2.12. The summed E-state index contributed by atoms with van der Waals surface area (Å²) in [4.78, 5) is 21.8. The number of thiazole rings is 1. The van der Waals surface area contributed by atoms with Gasteiger partial charge in [0.2, 0.25) is 0 Å². The fourth-order valence-electron chi connectivity index (χ4n) is 2.38. The lowest BCUT2D eigenvalue weighted by atomic mass is 10.1. The zero-order valence-corrected chi connectivity index (χ0v) is 13.9. The molecule has 1 amide bonds. The maximum atomic E-state index is 12.3. The molecule has 0 aliphatic rings. The van der Waals surface area contributed by atoms with E-state index in [2.05, 4.69) is 15.3 Å². The summed E-state index contributed by atoms with van der Waals surface area (Å²) in [5.74, 6) is -0.295. The maximum Gasteiger partial charge on any atom is 0.258 e. The number of nitrogens with zero attached hydrogens (tertiary/aromatic N) is 3. The average Bonchev–Trinajstić information content (AvgIpc) is 3.17. The van der Waals surface area contributed by atoms with Crippen LogP contribution >= 0.6 is 22.9 Å². The molecular formula is C17H11ClN4OS. The zero-order valence-electron chi connectivity index (χ0n) is 12.3. The number of pyridine rings is 1. The van der Waals surface area contributed by atoms with E-state index in [-0.39, 0.29) is 11.1 Å². The van der Waals surface area contributed by atoms with Crippen molar-refractivity contribution >= 4 is 39.5 Å². The van der Waals surface area contributed by atoms with Crippen molar-refractivity contribution in [3.8, 4) is 11.3 Å². The molecule has 1 N–H and O–H groups in total. The first-order valence-corrected chi connectivity index (χ1v) is 8.41. The van der Waals surface area contributed by atoms with Crippen LogP contribution in [0.15, 0.2) is 60.4 Å². The third-order valence-electron chi connectivity index (χ3n) is 3.51. The van der Waals surface area contributed by atoms with Gasteiger partial charge in [0.25, 0.3) is 5.91 Å². The lowest BCUT2D eigenvalue weighted by Gasteiger charge is -2.07. The highest BCUT2D eigenvalue weighted by molar-refractivity contribution is 7.15. The molecular weight excluding hydrogens is 344 g/mol.